The molecule has 3 heterocycles. The van der Waals surface area contributed by atoms with Gasteiger partial charge in [-0.05, 0) is 85.9 Å². The van der Waals surface area contributed by atoms with Crippen LogP contribution in [-0.2, 0) is 9.53 Å². The van der Waals surface area contributed by atoms with Gasteiger partial charge in [-0.3, -0.25) is 9.78 Å². The Bertz CT molecular complexity index is 1490. The van der Waals surface area contributed by atoms with E-state index in [-0.39, 0.29) is 24.6 Å². The molecule has 2 aromatic heterocycles. The van der Waals surface area contributed by atoms with E-state index in [1.54, 1.807) is 25.4 Å². The minimum atomic E-state index is -0.286. The molecule has 8 nitrogen and oxygen atoms in total. The van der Waals surface area contributed by atoms with Gasteiger partial charge in [0.15, 0.2) is 5.11 Å². The van der Waals surface area contributed by atoms with Crippen molar-refractivity contribution in [2.45, 2.75) is 19.0 Å². The molecule has 1 aliphatic heterocycles. The van der Waals surface area contributed by atoms with Crippen molar-refractivity contribution in [2.75, 3.05) is 31.0 Å². The van der Waals surface area contributed by atoms with Crippen LogP contribution in [0.2, 0.25) is 5.02 Å². The average Bonchev–Trinajstić information content (AvgIpc) is 3.49. The van der Waals surface area contributed by atoms with Crippen LogP contribution in [0.15, 0.2) is 79.0 Å². The fourth-order valence-corrected chi connectivity index (χ4v) is 5.45. The van der Waals surface area contributed by atoms with Crippen molar-refractivity contribution < 1.29 is 14.3 Å². The number of thiocarbonyl (C=S) groups is 1. The van der Waals surface area contributed by atoms with Crippen LogP contribution in [0.3, 0.4) is 0 Å². The molecule has 0 saturated carbocycles. The Hall–Kier alpha value is -3.92. The Kier molecular flexibility index (Phi) is 7.83. The zero-order valence-electron chi connectivity index (χ0n) is 21.7. The highest BCUT2D eigenvalue weighted by Crippen LogP contribution is 2.44. The Morgan fingerprint density at radius 2 is 1.85 bits per heavy atom. The SMILES string of the molecule is COCC(=O)Nc1ccc(N2C(=S)N[C@H](c3ccccn3)[C@@H]2c2ccc(C)n2-c2ccc(OC)cc2)cc1Cl. The number of nitrogens with zero attached hydrogens (tertiary/aromatic N) is 3. The lowest BCUT2D eigenvalue weighted by molar-refractivity contribution is -0.119. The summed E-state index contributed by atoms with van der Waals surface area (Å²) in [6, 6.07) is 23.0. The molecule has 4 aromatic rings. The summed E-state index contributed by atoms with van der Waals surface area (Å²) in [6.07, 6.45) is 1.78. The van der Waals surface area contributed by atoms with Gasteiger partial charge in [0.25, 0.3) is 0 Å². The van der Waals surface area contributed by atoms with E-state index >= 15 is 0 Å². The topological polar surface area (TPSA) is 80.7 Å². The van der Waals surface area contributed by atoms with E-state index in [9.17, 15) is 4.79 Å². The van der Waals surface area contributed by atoms with E-state index < -0.39 is 0 Å². The highest BCUT2D eigenvalue weighted by molar-refractivity contribution is 7.80. The van der Waals surface area contributed by atoms with E-state index in [0.29, 0.717) is 15.8 Å². The van der Waals surface area contributed by atoms with Crippen molar-refractivity contribution in [3.63, 3.8) is 0 Å². The van der Waals surface area contributed by atoms with Crippen molar-refractivity contribution in [3.8, 4) is 11.4 Å². The third kappa shape index (κ3) is 5.34. The first kappa shape index (κ1) is 26.7. The number of methoxy groups -OCH3 is 2. The first-order chi connectivity index (χ1) is 18.9. The minimum absolute atomic E-state index is 0.0618. The van der Waals surface area contributed by atoms with Crippen molar-refractivity contribution in [2.24, 2.45) is 0 Å². The first-order valence-electron chi connectivity index (χ1n) is 12.3. The lowest BCUT2D eigenvalue weighted by Crippen LogP contribution is -2.30. The summed E-state index contributed by atoms with van der Waals surface area (Å²) in [5.41, 5.74) is 5.24. The molecule has 2 atom stereocenters. The standard InChI is InChI=1S/C29H28ClN5O3S/c1-18-7-14-25(34(18)19-8-11-21(38-3)12-9-19)28-27(24-6-4-5-15-31-24)33-29(39)35(28)20-10-13-23(22(30)16-20)32-26(36)17-37-2/h4-16,27-28H,17H2,1-3H3,(H,32,36)(H,33,39)/t27-,28+/m1/s1. The number of rotatable bonds is 8. The van der Waals surface area contributed by atoms with Crippen LogP contribution in [-0.4, -0.2) is 41.4 Å². The fourth-order valence-electron chi connectivity index (χ4n) is 4.88. The van der Waals surface area contributed by atoms with Crippen molar-refractivity contribution in [1.29, 1.82) is 0 Å². The van der Waals surface area contributed by atoms with Gasteiger partial charge in [-0.1, -0.05) is 17.7 Å². The maximum absolute atomic E-state index is 12.1. The van der Waals surface area contributed by atoms with Gasteiger partial charge >= 0.3 is 0 Å². The molecular weight excluding hydrogens is 534 g/mol. The molecule has 1 fully saturated rings. The number of ether oxygens (including phenoxy) is 2. The lowest BCUT2D eigenvalue weighted by atomic mass is 10.0. The summed E-state index contributed by atoms with van der Waals surface area (Å²) in [6.45, 7) is 2.01. The Morgan fingerprint density at radius 3 is 2.51 bits per heavy atom. The molecule has 1 saturated heterocycles. The zero-order chi connectivity index (χ0) is 27.5. The first-order valence-corrected chi connectivity index (χ1v) is 13.1. The van der Waals surface area contributed by atoms with Gasteiger partial charge in [-0.15, -0.1) is 0 Å². The molecule has 0 radical (unpaired) electrons. The summed E-state index contributed by atoms with van der Waals surface area (Å²) in [4.78, 5) is 18.8. The zero-order valence-corrected chi connectivity index (χ0v) is 23.3. The molecule has 200 valence electrons. The molecule has 2 N–H and O–H groups in total. The van der Waals surface area contributed by atoms with Crippen LogP contribution in [0.25, 0.3) is 5.69 Å². The van der Waals surface area contributed by atoms with Gasteiger partial charge in [0.2, 0.25) is 5.91 Å². The number of hydrogen-bond acceptors (Lipinski definition) is 5. The van der Waals surface area contributed by atoms with E-state index in [0.717, 1.165) is 34.2 Å². The third-order valence-electron chi connectivity index (χ3n) is 6.62. The smallest absolute Gasteiger partial charge is 0.250 e. The second-order valence-electron chi connectivity index (χ2n) is 9.07. The van der Waals surface area contributed by atoms with Gasteiger partial charge in [-0.25, -0.2) is 0 Å². The van der Waals surface area contributed by atoms with E-state index in [1.165, 1.54) is 7.11 Å². The number of hydrogen-bond donors (Lipinski definition) is 2. The van der Waals surface area contributed by atoms with Gasteiger partial charge in [0, 0.05) is 36.1 Å². The van der Waals surface area contributed by atoms with E-state index in [1.807, 2.05) is 48.5 Å². The summed E-state index contributed by atoms with van der Waals surface area (Å²) in [5, 5.41) is 7.20. The van der Waals surface area contributed by atoms with Crippen LogP contribution < -0.4 is 20.3 Å². The summed E-state index contributed by atoms with van der Waals surface area (Å²) in [5.74, 6) is 0.500. The Balaban J connectivity index is 1.61. The highest BCUT2D eigenvalue weighted by atomic mass is 35.5. The number of aryl methyl sites for hydroxylation is 1. The average molecular weight is 562 g/mol. The highest BCUT2D eigenvalue weighted by Gasteiger charge is 2.42. The number of benzene rings is 2. The van der Waals surface area contributed by atoms with Crippen LogP contribution >= 0.6 is 23.8 Å². The molecule has 0 bridgehead atoms. The quantitative estimate of drug-likeness (QED) is 0.271. The predicted molar refractivity (Wildman–Crippen MR) is 157 cm³/mol. The normalized spacial score (nSPS) is 16.7. The van der Waals surface area contributed by atoms with Crippen molar-refractivity contribution >= 4 is 46.2 Å². The maximum Gasteiger partial charge on any atom is 0.250 e. The third-order valence-corrected chi connectivity index (χ3v) is 7.25. The van der Waals surface area contributed by atoms with Gasteiger partial charge in [0.05, 0.1) is 29.6 Å². The Labute approximate surface area is 237 Å². The van der Waals surface area contributed by atoms with Gasteiger partial charge in [0.1, 0.15) is 18.4 Å². The minimum Gasteiger partial charge on any atom is -0.497 e. The monoisotopic (exact) mass is 561 g/mol. The second kappa shape index (κ2) is 11.4. The van der Waals surface area contributed by atoms with Crippen LogP contribution in [0, 0.1) is 6.92 Å². The number of nitrogens with one attached hydrogen (secondary N) is 2. The number of carbonyl (C=O) groups is 1. The summed E-state index contributed by atoms with van der Waals surface area (Å²) in [7, 11) is 3.12. The molecule has 1 amide bonds. The molecule has 0 aliphatic carbocycles. The largest absolute Gasteiger partial charge is 0.497 e. The number of anilines is 2. The number of carbonyl (C=O) groups excluding carboxylic acids is 1. The fraction of sp³-hybridized carbons (Fsp3) is 0.207. The Morgan fingerprint density at radius 1 is 1.08 bits per heavy atom. The lowest BCUT2D eigenvalue weighted by Gasteiger charge is -2.29. The van der Waals surface area contributed by atoms with Crippen LogP contribution in [0.1, 0.15) is 29.2 Å². The molecule has 10 heteroatoms. The predicted octanol–water partition coefficient (Wildman–Crippen LogP) is 5.60. The van der Waals surface area contributed by atoms with E-state index in [2.05, 4.69) is 44.1 Å². The van der Waals surface area contributed by atoms with Gasteiger partial charge < -0.3 is 29.6 Å². The molecular formula is C29H28ClN5O3S. The molecule has 0 spiro atoms. The molecule has 39 heavy (non-hydrogen) atoms. The second-order valence-corrected chi connectivity index (χ2v) is 9.87. The van der Waals surface area contributed by atoms with Crippen LogP contribution in [0.4, 0.5) is 11.4 Å². The molecule has 5 rings (SSSR count). The summed E-state index contributed by atoms with van der Waals surface area (Å²) < 4.78 is 12.5. The number of pyridine rings is 1. The number of halogens is 1. The van der Waals surface area contributed by atoms with Crippen LogP contribution in [0.5, 0.6) is 5.75 Å². The summed E-state index contributed by atoms with van der Waals surface area (Å²) >= 11 is 12.5. The van der Waals surface area contributed by atoms with E-state index in [4.69, 9.17) is 33.3 Å². The van der Waals surface area contributed by atoms with Crippen molar-refractivity contribution in [1.82, 2.24) is 14.9 Å². The molecule has 1 aliphatic rings. The number of aromatic nitrogens is 2. The number of amides is 1. The van der Waals surface area contributed by atoms with Gasteiger partial charge in [-0.2, -0.15) is 0 Å². The molecule has 0 unspecified atom stereocenters. The maximum atomic E-state index is 12.1. The van der Waals surface area contributed by atoms with Crippen molar-refractivity contribution in [3.05, 3.63) is 101 Å². The molecule has 2 aromatic carbocycles.